The highest BCUT2D eigenvalue weighted by atomic mass is 16.6. The molecule has 9 heteroatoms. The number of nitrogens with one attached hydrogen (secondary N) is 1. The molecule has 0 aliphatic heterocycles. The minimum Gasteiger partial charge on any atom is -0.349 e. The number of rotatable bonds is 3. The van der Waals surface area contributed by atoms with Crippen molar-refractivity contribution in [1.29, 1.82) is 0 Å². The third-order valence-electron chi connectivity index (χ3n) is 3.69. The summed E-state index contributed by atoms with van der Waals surface area (Å²) < 4.78 is 2.07. The molecular formula is C15H13N5O4. The Balaban J connectivity index is 2.43. The zero-order valence-corrected chi connectivity index (χ0v) is 12.9. The molecule has 0 atom stereocenters. The van der Waals surface area contributed by atoms with Crippen LogP contribution in [0.4, 0.5) is 17.1 Å². The number of para-hydroxylation sites is 1. The van der Waals surface area contributed by atoms with Crippen molar-refractivity contribution in [3.63, 3.8) is 0 Å². The van der Waals surface area contributed by atoms with Gasteiger partial charge in [0.15, 0.2) is 5.65 Å². The number of hydrogen-bond acceptors (Lipinski definition) is 6. The Morgan fingerprint density at radius 3 is 2.42 bits per heavy atom. The van der Waals surface area contributed by atoms with E-state index in [9.17, 15) is 19.7 Å². The molecular weight excluding hydrogens is 314 g/mol. The molecule has 24 heavy (non-hydrogen) atoms. The summed E-state index contributed by atoms with van der Waals surface area (Å²) in [6, 6.07) is 8.73. The monoisotopic (exact) mass is 327 g/mol. The first-order valence-electron chi connectivity index (χ1n) is 6.97. The Hall–Kier alpha value is -3.49. The van der Waals surface area contributed by atoms with E-state index in [0.29, 0.717) is 5.69 Å². The summed E-state index contributed by atoms with van der Waals surface area (Å²) in [5.41, 5.74) is -0.895. The first kappa shape index (κ1) is 15.4. The maximum Gasteiger partial charge on any atom is 0.332 e. The van der Waals surface area contributed by atoms with E-state index in [1.165, 1.54) is 18.7 Å². The van der Waals surface area contributed by atoms with Crippen molar-refractivity contribution in [1.82, 2.24) is 14.1 Å². The lowest BCUT2D eigenvalue weighted by Gasteiger charge is -2.12. The van der Waals surface area contributed by atoms with Crippen LogP contribution in [0, 0.1) is 10.1 Å². The fourth-order valence-electron chi connectivity index (χ4n) is 2.45. The molecule has 1 aromatic carbocycles. The van der Waals surface area contributed by atoms with Crippen molar-refractivity contribution in [3.8, 4) is 0 Å². The van der Waals surface area contributed by atoms with E-state index in [4.69, 9.17) is 0 Å². The molecule has 3 rings (SSSR count). The fourth-order valence-corrected chi connectivity index (χ4v) is 2.45. The summed E-state index contributed by atoms with van der Waals surface area (Å²) in [4.78, 5) is 39.2. The van der Waals surface area contributed by atoms with Crippen molar-refractivity contribution in [2.75, 3.05) is 5.32 Å². The number of hydrogen-bond donors (Lipinski definition) is 1. The molecule has 0 aliphatic rings. The van der Waals surface area contributed by atoms with Crippen LogP contribution in [0.1, 0.15) is 0 Å². The van der Waals surface area contributed by atoms with Gasteiger partial charge in [0, 0.05) is 19.8 Å². The summed E-state index contributed by atoms with van der Waals surface area (Å²) in [6.45, 7) is 0. The normalized spacial score (nSPS) is 10.8. The summed E-state index contributed by atoms with van der Waals surface area (Å²) in [5.74, 6) is 0. The number of benzene rings is 1. The fraction of sp³-hybridized carbons (Fsp3) is 0.133. The standard InChI is InChI=1S/C15H13N5O4/c1-18-13-11(14(21)19(2)15(18)22)12(10(8-16-13)20(23)24)17-9-6-4-3-5-7-9/h3-8H,1-2H3,(H,16,17). The molecule has 122 valence electrons. The van der Waals surface area contributed by atoms with E-state index in [0.717, 1.165) is 10.8 Å². The van der Waals surface area contributed by atoms with Gasteiger partial charge in [-0.25, -0.2) is 9.78 Å². The number of anilines is 2. The van der Waals surface area contributed by atoms with E-state index in [1.807, 2.05) is 0 Å². The molecule has 2 aromatic heterocycles. The van der Waals surface area contributed by atoms with Gasteiger partial charge in [-0.15, -0.1) is 0 Å². The highest BCUT2D eigenvalue weighted by molar-refractivity contribution is 5.95. The number of nitro groups is 1. The quantitative estimate of drug-likeness (QED) is 0.573. The van der Waals surface area contributed by atoms with Gasteiger partial charge in [0.1, 0.15) is 17.3 Å². The third kappa shape index (κ3) is 2.32. The molecule has 9 nitrogen and oxygen atoms in total. The van der Waals surface area contributed by atoms with Gasteiger partial charge in [-0.1, -0.05) is 18.2 Å². The van der Waals surface area contributed by atoms with Gasteiger partial charge >= 0.3 is 11.4 Å². The van der Waals surface area contributed by atoms with Crippen LogP contribution in [0.15, 0.2) is 46.1 Å². The molecule has 0 amide bonds. The maximum absolute atomic E-state index is 12.5. The van der Waals surface area contributed by atoms with Crippen LogP contribution in [-0.2, 0) is 14.1 Å². The second-order valence-corrected chi connectivity index (χ2v) is 5.17. The van der Waals surface area contributed by atoms with Crippen LogP contribution in [0.25, 0.3) is 11.0 Å². The van der Waals surface area contributed by atoms with Crippen LogP contribution in [0.3, 0.4) is 0 Å². The smallest absolute Gasteiger partial charge is 0.332 e. The van der Waals surface area contributed by atoms with Crippen LogP contribution in [0.5, 0.6) is 0 Å². The molecule has 0 saturated heterocycles. The second-order valence-electron chi connectivity index (χ2n) is 5.17. The zero-order valence-electron chi connectivity index (χ0n) is 12.9. The maximum atomic E-state index is 12.5. The molecule has 2 heterocycles. The van der Waals surface area contributed by atoms with Crippen molar-refractivity contribution < 1.29 is 4.92 Å². The molecule has 0 bridgehead atoms. The van der Waals surface area contributed by atoms with Crippen molar-refractivity contribution in [2.45, 2.75) is 0 Å². The zero-order chi connectivity index (χ0) is 17.4. The minimum atomic E-state index is -0.650. The Labute approximate surface area is 135 Å². The first-order chi connectivity index (χ1) is 11.4. The molecule has 1 N–H and O–H groups in total. The summed E-state index contributed by atoms with van der Waals surface area (Å²) >= 11 is 0. The van der Waals surface area contributed by atoms with Crippen LogP contribution >= 0.6 is 0 Å². The number of aryl methyl sites for hydroxylation is 1. The van der Waals surface area contributed by atoms with E-state index in [1.54, 1.807) is 30.3 Å². The van der Waals surface area contributed by atoms with Crippen molar-refractivity contribution in [3.05, 3.63) is 67.5 Å². The van der Waals surface area contributed by atoms with Gasteiger partial charge in [-0.05, 0) is 12.1 Å². The molecule has 0 saturated carbocycles. The second kappa shape index (κ2) is 5.61. The van der Waals surface area contributed by atoms with E-state index in [-0.39, 0.29) is 22.4 Å². The minimum absolute atomic E-state index is 0.00685. The van der Waals surface area contributed by atoms with Gasteiger partial charge in [0.25, 0.3) is 5.56 Å². The molecule has 0 fully saturated rings. The Kier molecular flexibility index (Phi) is 3.60. The lowest BCUT2D eigenvalue weighted by atomic mass is 10.2. The van der Waals surface area contributed by atoms with E-state index >= 15 is 0 Å². The van der Waals surface area contributed by atoms with Crippen molar-refractivity contribution in [2.24, 2.45) is 14.1 Å². The topological polar surface area (TPSA) is 112 Å². The van der Waals surface area contributed by atoms with Crippen LogP contribution < -0.4 is 16.6 Å². The SMILES string of the molecule is Cn1c(=O)c2c(Nc3ccccc3)c([N+](=O)[O-])cnc2n(C)c1=O. The van der Waals surface area contributed by atoms with Crippen LogP contribution in [0.2, 0.25) is 0 Å². The highest BCUT2D eigenvalue weighted by Crippen LogP contribution is 2.31. The number of pyridine rings is 1. The van der Waals surface area contributed by atoms with Gasteiger partial charge in [-0.2, -0.15) is 0 Å². The Bertz CT molecular complexity index is 1070. The Morgan fingerprint density at radius 1 is 1.12 bits per heavy atom. The average Bonchev–Trinajstić information content (AvgIpc) is 2.58. The molecule has 0 aliphatic carbocycles. The van der Waals surface area contributed by atoms with E-state index in [2.05, 4.69) is 10.3 Å². The molecule has 3 aromatic rings. The predicted molar refractivity (Wildman–Crippen MR) is 88.6 cm³/mol. The number of nitrogens with zero attached hydrogens (tertiary/aromatic N) is 4. The highest BCUT2D eigenvalue weighted by Gasteiger charge is 2.23. The summed E-state index contributed by atoms with van der Waals surface area (Å²) in [5, 5.41) is 14.2. The molecule has 0 spiro atoms. The van der Waals surface area contributed by atoms with E-state index < -0.39 is 16.2 Å². The van der Waals surface area contributed by atoms with Gasteiger partial charge < -0.3 is 5.32 Å². The number of fused-ring (bicyclic) bond motifs is 1. The molecule has 0 radical (unpaired) electrons. The third-order valence-corrected chi connectivity index (χ3v) is 3.69. The lowest BCUT2D eigenvalue weighted by Crippen LogP contribution is -2.37. The van der Waals surface area contributed by atoms with Crippen molar-refractivity contribution >= 4 is 28.1 Å². The first-order valence-corrected chi connectivity index (χ1v) is 6.97. The number of aromatic nitrogens is 3. The summed E-state index contributed by atoms with van der Waals surface area (Å²) in [6.07, 6.45) is 1.03. The van der Waals surface area contributed by atoms with Gasteiger partial charge in [-0.3, -0.25) is 24.0 Å². The largest absolute Gasteiger partial charge is 0.349 e. The Morgan fingerprint density at radius 2 is 1.79 bits per heavy atom. The summed E-state index contributed by atoms with van der Waals surface area (Å²) in [7, 11) is 2.77. The van der Waals surface area contributed by atoms with Gasteiger partial charge in [0.05, 0.1) is 4.92 Å². The van der Waals surface area contributed by atoms with Gasteiger partial charge in [0.2, 0.25) is 0 Å². The van der Waals surface area contributed by atoms with Crippen LogP contribution in [-0.4, -0.2) is 19.0 Å². The average molecular weight is 327 g/mol. The molecule has 0 unspecified atom stereocenters. The lowest BCUT2D eigenvalue weighted by molar-refractivity contribution is -0.384. The predicted octanol–water partition coefficient (Wildman–Crippen LogP) is 1.28.